The summed E-state index contributed by atoms with van der Waals surface area (Å²) in [7, 11) is 0. The smallest absolute Gasteiger partial charge is 0.265 e. The predicted octanol–water partition coefficient (Wildman–Crippen LogP) is 2.79. The average Bonchev–Trinajstić information content (AvgIpc) is 3.57. The van der Waals surface area contributed by atoms with Gasteiger partial charge in [0.15, 0.2) is 5.13 Å². The number of allylic oxidation sites excluding steroid dienone is 1. The number of aliphatic imine (C=N–C) groups is 2. The van der Waals surface area contributed by atoms with Crippen LogP contribution in [-0.4, -0.2) is 50.9 Å². The van der Waals surface area contributed by atoms with Crippen molar-refractivity contribution >= 4 is 40.3 Å². The van der Waals surface area contributed by atoms with Gasteiger partial charge in [-0.25, -0.2) is 4.98 Å². The second kappa shape index (κ2) is 8.32. The highest BCUT2D eigenvalue weighted by molar-refractivity contribution is 7.13. The standard InChI is InChI=1S/C23H21N7O2S/c1-2-19(31)29-11-5-8-17(29)20-18-14-25-9-12-30(18,24)21(27-20)15-6-3-4-7-16(15)22(32)28-23-26-10-13-33-23/h2-4,6-7,9-10,12-14,17H,1,5,8,11,24H2/p+1. The molecule has 0 saturated carbocycles. The average molecular weight is 461 g/mol. The summed E-state index contributed by atoms with van der Waals surface area (Å²) < 4.78 is -0.229. The minimum atomic E-state index is -0.302. The number of nitrogens with zero attached hydrogens (tertiary/aromatic N) is 5. The Kier molecular flexibility index (Phi) is 5.33. The Morgan fingerprint density at radius 1 is 1.33 bits per heavy atom. The molecule has 0 spiro atoms. The Bertz CT molecular complexity index is 1260. The van der Waals surface area contributed by atoms with Gasteiger partial charge in [-0.3, -0.25) is 19.9 Å². The van der Waals surface area contributed by atoms with Crippen molar-refractivity contribution in [3.05, 3.63) is 83.4 Å². The third-order valence-corrected chi connectivity index (χ3v) is 6.60. The summed E-state index contributed by atoms with van der Waals surface area (Å²) in [6, 6.07) is 6.95. The van der Waals surface area contributed by atoms with Crippen molar-refractivity contribution in [2.24, 2.45) is 15.8 Å². The van der Waals surface area contributed by atoms with E-state index in [0.717, 1.165) is 12.8 Å². The first-order valence-corrected chi connectivity index (χ1v) is 11.4. The molecule has 1 saturated heterocycles. The van der Waals surface area contributed by atoms with Gasteiger partial charge in [0.2, 0.25) is 11.6 Å². The van der Waals surface area contributed by atoms with E-state index in [2.05, 4.69) is 21.9 Å². The molecule has 3 aliphatic heterocycles. The number of anilines is 1. The van der Waals surface area contributed by atoms with E-state index >= 15 is 0 Å². The maximum Gasteiger partial charge on any atom is 0.265 e. The molecule has 1 aromatic heterocycles. The minimum Gasteiger partial charge on any atom is -0.330 e. The molecule has 166 valence electrons. The summed E-state index contributed by atoms with van der Waals surface area (Å²) in [6.07, 6.45) is 9.59. The number of nitrogens with two attached hydrogens (primary N) is 1. The van der Waals surface area contributed by atoms with Gasteiger partial charge < -0.3 is 4.90 Å². The fraction of sp³-hybridized carbons (Fsp3) is 0.174. The summed E-state index contributed by atoms with van der Waals surface area (Å²) in [5, 5.41) is 5.13. The predicted molar refractivity (Wildman–Crippen MR) is 127 cm³/mol. The number of amides is 2. The lowest BCUT2D eigenvalue weighted by molar-refractivity contribution is -0.750. The fourth-order valence-corrected chi connectivity index (χ4v) is 4.91. The molecule has 3 aliphatic rings. The highest BCUT2D eigenvalue weighted by atomic mass is 32.1. The first-order valence-electron chi connectivity index (χ1n) is 10.5. The number of fused-ring (bicyclic) bond motifs is 1. The zero-order valence-electron chi connectivity index (χ0n) is 17.7. The molecule has 2 atom stereocenters. The summed E-state index contributed by atoms with van der Waals surface area (Å²) in [6.45, 7) is 4.25. The molecule has 9 nitrogen and oxygen atoms in total. The Morgan fingerprint density at radius 3 is 2.97 bits per heavy atom. The molecule has 33 heavy (non-hydrogen) atoms. The molecule has 0 radical (unpaired) electrons. The van der Waals surface area contributed by atoms with Crippen LogP contribution in [0.5, 0.6) is 0 Å². The van der Waals surface area contributed by atoms with Crippen molar-refractivity contribution in [1.29, 1.82) is 0 Å². The largest absolute Gasteiger partial charge is 0.330 e. The number of carbonyl (C=O) groups excluding carboxylic acids is 2. The van der Waals surface area contributed by atoms with E-state index in [1.165, 1.54) is 17.4 Å². The monoisotopic (exact) mass is 460 g/mol. The van der Waals surface area contributed by atoms with Crippen LogP contribution in [0.1, 0.15) is 28.8 Å². The number of hydrogen-bond donors (Lipinski definition) is 2. The zero-order valence-corrected chi connectivity index (χ0v) is 18.5. The summed E-state index contributed by atoms with van der Waals surface area (Å²) in [5.41, 5.74) is 2.39. The van der Waals surface area contributed by atoms with Gasteiger partial charge in [-0.15, -0.1) is 15.9 Å². The van der Waals surface area contributed by atoms with E-state index in [1.54, 1.807) is 47.2 Å². The van der Waals surface area contributed by atoms with Crippen molar-refractivity contribution in [1.82, 2.24) is 9.88 Å². The lowest BCUT2D eigenvalue weighted by Crippen LogP contribution is -2.53. The normalized spacial score (nSPS) is 23.5. The maximum absolute atomic E-state index is 13.1. The lowest BCUT2D eigenvalue weighted by Gasteiger charge is -2.28. The Morgan fingerprint density at radius 2 is 2.18 bits per heavy atom. The topological polar surface area (TPSA) is 113 Å². The van der Waals surface area contributed by atoms with Crippen molar-refractivity contribution < 1.29 is 14.2 Å². The van der Waals surface area contributed by atoms with E-state index in [1.807, 2.05) is 12.1 Å². The highest BCUT2D eigenvalue weighted by Crippen LogP contribution is 2.37. The van der Waals surface area contributed by atoms with Crippen LogP contribution >= 0.6 is 11.3 Å². The lowest BCUT2D eigenvalue weighted by atomic mass is 10.0. The van der Waals surface area contributed by atoms with Gasteiger partial charge in [0.05, 0.1) is 29.6 Å². The second-order valence-electron chi connectivity index (χ2n) is 7.79. The van der Waals surface area contributed by atoms with Crippen LogP contribution < -0.4 is 11.2 Å². The summed E-state index contributed by atoms with van der Waals surface area (Å²) in [4.78, 5) is 40.7. The zero-order chi connectivity index (χ0) is 23.0. The van der Waals surface area contributed by atoms with Gasteiger partial charge in [0.1, 0.15) is 11.9 Å². The Hall–Kier alpha value is -3.73. The van der Waals surface area contributed by atoms with Crippen LogP contribution in [0.25, 0.3) is 0 Å². The molecule has 4 heterocycles. The van der Waals surface area contributed by atoms with Gasteiger partial charge >= 0.3 is 0 Å². The number of thiazole rings is 1. The number of amidine groups is 1. The van der Waals surface area contributed by atoms with Crippen molar-refractivity contribution in [3.63, 3.8) is 0 Å². The van der Waals surface area contributed by atoms with Crippen LogP contribution in [0, 0.1) is 0 Å². The van der Waals surface area contributed by atoms with E-state index in [4.69, 9.17) is 10.8 Å². The molecular formula is C23H22N7O2S+. The third kappa shape index (κ3) is 3.54. The summed E-state index contributed by atoms with van der Waals surface area (Å²) in [5.74, 6) is 6.91. The van der Waals surface area contributed by atoms with E-state index in [-0.39, 0.29) is 22.4 Å². The molecule has 0 bridgehead atoms. The SMILES string of the molecule is C=CC(=O)N1CCCC1C1=C2C=NC=C[N+]2(N)C(c2ccccc2C(=O)Nc2nccs2)=N1. The van der Waals surface area contributed by atoms with Gasteiger partial charge in [-0.2, -0.15) is 10.8 Å². The molecule has 2 unspecified atom stereocenters. The van der Waals surface area contributed by atoms with E-state index < -0.39 is 0 Å². The minimum absolute atomic E-state index is 0.143. The number of nitrogens with one attached hydrogen (secondary N) is 1. The van der Waals surface area contributed by atoms with E-state index in [9.17, 15) is 9.59 Å². The molecular weight excluding hydrogens is 438 g/mol. The van der Waals surface area contributed by atoms with Crippen molar-refractivity contribution in [2.45, 2.75) is 18.9 Å². The molecule has 0 aliphatic carbocycles. The Labute approximate surface area is 194 Å². The number of hydrogen-bond acceptors (Lipinski definition) is 7. The van der Waals surface area contributed by atoms with Gasteiger partial charge in [0, 0.05) is 18.1 Å². The van der Waals surface area contributed by atoms with Gasteiger partial charge in [-0.05, 0) is 31.1 Å². The Balaban J connectivity index is 1.59. The maximum atomic E-state index is 13.1. The van der Waals surface area contributed by atoms with Crippen LogP contribution in [0.2, 0.25) is 0 Å². The molecule has 5 rings (SSSR count). The molecule has 2 aromatic rings. The van der Waals surface area contributed by atoms with Crippen molar-refractivity contribution in [2.75, 3.05) is 11.9 Å². The molecule has 3 N–H and O–H groups in total. The quantitative estimate of drug-likeness (QED) is 0.406. The number of quaternary nitrogens is 1. The third-order valence-electron chi connectivity index (χ3n) is 5.91. The first kappa shape index (κ1) is 21.1. The first-order chi connectivity index (χ1) is 16.0. The van der Waals surface area contributed by atoms with Gasteiger partial charge in [-0.1, -0.05) is 18.7 Å². The van der Waals surface area contributed by atoms with E-state index in [0.29, 0.717) is 40.0 Å². The van der Waals surface area contributed by atoms with Crippen LogP contribution in [0.4, 0.5) is 5.13 Å². The number of carbonyl (C=O) groups is 2. The molecule has 2 amide bonds. The summed E-state index contributed by atoms with van der Waals surface area (Å²) >= 11 is 1.34. The number of likely N-dealkylation sites (tertiary alicyclic amines) is 1. The molecule has 1 fully saturated rings. The number of rotatable bonds is 5. The van der Waals surface area contributed by atoms with Crippen LogP contribution in [-0.2, 0) is 4.79 Å². The van der Waals surface area contributed by atoms with Crippen molar-refractivity contribution in [3.8, 4) is 0 Å². The molecule has 1 aromatic carbocycles. The van der Waals surface area contributed by atoms with Crippen LogP contribution in [0.15, 0.2) is 82.3 Å². The molecule has 10 heteroatoms. The fourth-order valence-electron chi connectivity index (χ4n) is 4.39. The highest BCUT2D eigenvalue weighted by Gasteiger charge is 2.48. The number of aromatic nitrogens is 1. The second-order valence-corrected chi connectivity index (χ2v) is 8.68. The number of benzene rings is 1. The van der Waals surface area contributed by atoms with Gasteiger partial charge in [0.25, 0.3) is 11.7 Å². The van der Waals surface area contributed by atoms with Crippen LogP contribution in [0.3, 0.4) is 0 Å².